The number of halogens is 1. The Labute approximate surface area is 99.5 Å². The first-order chi connectivity index (χ1) is 6.61. The molecule has 0 aliphatic heterocycles. The van der Waals surface area contributed by atoms with Crippen LogP contribution in [0.25, 0.3) is 0 Å². The molecular formula is C9H16ClNO3S. The highest BCUT2D eigenvalue weighted by Gasteiger charge is 1.92. The number of carbonyl (C=O) groups is 1. The van der Waals surface area contributed by atoms with Gasteiger partial charge in [-0.1, -0.05) is 6.92 Å². The maximum Gasteiger partial charge on any atom is 0.305 e. The van der Waals surface area contributed by atoms with Crippen LogP contribution in [0, 0.1) is 0 Å². The van der Waals surface area contributed by atoms with Gasteiger partial charge < -0.3 is 15.6 Å². The van der Waals surface area contributed by atoms with Crippen molar-refractivity contribution < 1.29 is 14.6 Å². The monoisotopic (exact) mass is 253 g/mol. The van der Waals surface area contributed by atoms with Crippen LogP contribution in [0.2, 0.25) is 0 Å². The molecule has 15 heavy (non-hydrogen) atoms. The Morgan fingerprint density at radius 3 is 2.33 bits per heavy atom. The SMILES string of the molecule is CCCC(=O)OC.Cl.Nc1cscc1O. The van der Waals surface area contributed by atoms with Gasteiger partial charge in [0.15, 0.2) is 0 Å². The quantitative estimate of drug-likeness (QED) is 0.794. The summed E-state index contributed by atoms with van der Waals surface area (Å²) < 4.78 is 4.35. The normalized spacial score (nSPS) is 8.13. The van der Waals surface area contributed by atoms with E-state index < -0.39 is 0 Å². The van der Waals surface area contributed by atoms with Crippen molar-refractivity contribution in [3.8, 4) is 5.75 Å². The van der Waals surface area contributed by atoms with E-state index in [1.165, 1.54) is 18.4 Å². The van der Waals surface area contributed by atoms with Crippen LogP contribution >= 0.6 is 23.7 Å². The Bertz CT molecular complexity index is 262. The van der Waals surface area contributed by atoms with Crippen LogP contribution in [0.5, 0.6) is 5.75 Å². The first kappa shape index (κ1) is 16.5. The maximum absolute atomic E-state index is 10.2. The summed E-state index contributed by atoms with van der Waals surface area (Å²) in [6, 6.07) is 0. The number of hydrogen-bond donors (Lipinski definition) is 2. The van der Waals surface area contributed by atoms with Crippen molar-refractivity contribution in [2.24, 2.45) is 0 Å². The third-order valence-electron chi connectivity index (χ3n) is 1.35. The number of aromatic hydroxyl groups is 1. The van der Waals surface area contributed by atoms with Gasteiger partial charge in [-0.25, -0.2) is 0 Å². The molecule has 0 bridgehead atoms. The Kier molecular flexibility index (Phi) is 10.6. The molecule has 4 nitrogen and oxygen atoms in total. The lowest BCUT2D eigenvalue weighted by Crippen LogP contribution is -1.97. The van der Waals surface area contributed by atoms with Crippen molar-refractivity contribution in [1.82, 2.24) is 0 Å². The molecule has 1 aromatic rings. The Morgan fingerprint density at radius 1 is 1.60 bits per heavy atom. The van der Waals surface area contributed by atoms with E-state index >= 15 is 0 Å². The van der Waals surface area contributed by atoms with E-state index in [0.717, 1.165) is 6.42 Å². The second-order valence-corrected chi connectivity index (χ2v) is 3.28. The molecule has 0 unspecified atom stereocenters. The Balaban J connectivity index is 0. The van der Waals surface area contributed by atoms with Gasteiger partial charge in [-0.2, -0.15) is 0 Å². The van der Waals surface area contributed by atoms with Gasteiger partial charge in [-0.3, -0.25) is 4.79 Å². The smallest absolute Gasteiger partial charge is 0.305 e. The standard InChI is InChI=1S/C5H10O2.C4H5NOS.ClH/c1-3-4-5(6)7-2;5-3-1-7-2-4(3)6;/h3-4H2,1-2H3;1-2,6H,5H2;1H. The van der Waals surface area contributed by atoms with Crippen LogP contribution in [0.15, 0.2) is 10.8 Å². The molecule has 0 aliphatic carbocycles. The molecule has 0 spiro atoms. The topological polar surface area (TPSA) is 72.5 Å². The predicted molar refractivity (Wildman–Crippen MR) is 64.6 cm³/mol. The number of thiophene rings is 1. The summed E-state index contributed by atoms with van der Waals surface area (Å²) in [7, 11) is 1.40. The fraction of sp³-hybridized carbons (Fsp3) is 0.444. The van der Waals surface area contributed by atoms with E-state index in [1.54, 1.807) is 10.8 Å². The Hall–Kier alpha value is -0.940. The molecule has 0 atom stereocenters. The third-order valence-corrected chi connectivity index (χ3v) is 2.10. The van der Waals surface area contributed by atoms with E-state index in [4.69, 9.17) is 10.8 Å². The molecule has 1 rings (SSSR count). The van der Waals surface area contributed by atoms with Crippen molar-refractivity contribution in [1.29, 1.82) is 0 Å². The van der Waals surface area contributed by atoms with E-state index in [0.29, 0.717) is 12.1 Å². The van der Waals surface area contributed by atoms with Crippen LogP contribution in [0.3, 0.4) is 0 Å². The predicted octanol–water partition coefficient (Wildman–Crippen LogP) is 2.42. The van der Waals surface area contributed by atoms with Crippen molar-refractivity contribution >= 4 is 35.4 Å². The summed E-state index contributed by atoms with van der Waals surface area (Å²) in [4.78, 5) is 10.2. The molecular weight excluding hydrogens is 238 g/mol. The molecule has 0 radical (unpaired) electrons. The van der Waals surface area contributed by atoms with Gasteiger partial charge in [0.2, 0.25) is 0 Å². The zero-order valence-corrected chi connectivity index (χ0v) is 10.4. The fourth-order valence-electron chi connectivity index (χ4n) is 0.606. The minimum atomic E-state index is -0.123. The van der Waals surface area contributed by atoms with Crippen LogP contribution in [-0.4, -0.2) is 18.2 Å². The average molecular weight is 254 g/mol. The molecule has 3 N–H and O–H groups in total. The number of rotatable bonds is 2. The van der Waals surface area contributed by atoms with Crippen molar-refractivity contribution in [2.45, 2.75) is 19.8 Å². The van der Waals surface area contributed by atoms with Crippen molar-refractivity contribution in [3.63, 3.8) is 0 Å². The van der Waals surface area contributed by atoms with Gasteiger partial charge in [-0.15, -0.1) is 23.7 Å². The van der Waals surface area contributed by atoms with Crippen LogP contribution < -0.4 is 5.73 Å². The summed E-state index contributed by atoms with van der Waals surface area (Å²) in [5.41, 5.74) is 5.66. The molecule has 0 amide bonds. The number of hydrogen-bond acceptors (Lipinski definition) is 5. The number of carbonyl (C=O) groups excluding carboxylic acids is 1. The fourth-order valence-corrected chi connectivity index (χ4v) is 1.21. The summed E-state index contributed by atoms with van der Waals surface area (Å²) in [5, 5.41) is 11.9. The lowest BCUT2D eigenvalue weighted by atomic mass is 10.3. The number of nitrogen functional groups attached to an aromatic ring is 1. The van der Waals surface area contributed by atoms with E-state index in [1.807, 2.05) is 6.92 Å². The Morgan fingerprint density at radius 2 is 2.20 bits per heavy atom. The van der Waals surface area contributed by atoms with Gasteiger partial charge in [-0.05, 0) is 6.42 Å². The van der Waals surface area contributed by atoms with Crippen LogP contribution in [-0.2, 0) is 9.53 Å². The third kappa shape index (κ3) is 8.08. The first-order valence-electron chi connectivity index (χ1n) is 4.19. The summed E-state index contributed by atoms with van der Waals surface area (Å²) in [6.45, 7) is 1.94. The van der Waals surface area contributed by atoms with E-state index in [-0.39, 0.29) is 24.1 Å². The lowest BCUT2D eigenvalue weighted by Gasteiger charge is -1.91. The molecule has 88 valence electrons. The van der Waals surface area contributed by atoms with E-state index in [9.17, 15) is 4.79 Å². The highest BCUT2D eigenvalue weighted by atomic mass is 35.5. The minimum Gasteiger partial charge on any atom is -0.505 e. The summed E-state index contributed by atoms with van der Waals surface area (Å²) >= 11 is 1.39. The number of methoxy groups -OCH3 is 1. The van der Waals surface area contributed by atoms with Crippen LogP contribution in [0.1, 0.15) is 19.8 Å². The summed E-state index contributed by atoms with van der Waals surface area (Å²) in [6.07, 6.45) is 1.41. The molecule has 0 aromatic carbocycles. The molecule has 0 fully saturated rings. The largest absolute Gasteiger partial charge is 0.505 e. The molecule has 1 heterocycles. The maximum atomic E-state index is 10.2. The number of nitrogens with two attached hydrogens (primary N) is 1. The number of ether oxygens (including phenoxy) is 1. The highest BCUT2D eigenvalue weighted by Crippen LogP contribution is 2.22. The van der Waals surface area contributed by atoms with Crippen molar-refractivity contribution in [2.75, 3.05) is 12.8 Å². The zero-order valence-electron chi connectivity index (χ0n) is 8.73. The van der Waals surface area contributed by atoms with E-state index in [2.05, 4.69) is 4.74 Å². The second kappa shape index (κ2) is 9.61. The van der Waals surface area contributed by atoms with Gasteiger partial charge >= 0.3 is 5.97 Å². The van der Waals surface area contributed by atoms with Gasteiger partial charge in [0.1, 0.15) is 5.75 Å². The zero-order chi connectivity index (χ0) is 11.0. The molecule has 0 saturated heterocycles. The molecule has 6 heteroatoms. The van der Waals surface area contributed by atoms with Crippen LogP contribution in [0.4, 0.5) is 5.69 Å². The first-order valence-corrected chi connectivity index (χ1v) is 5.13. The van der Waals surface area contributed by atoms with Gasteiger partial charge in [0.05, 0.1) is 12.8 Å². The molecule has 0 aliphatic rings. The average Bonchev–Trinajstić information content (AvgIpc) is 2.52. The molecule has 1 aromatic heterocycles. The number of esters is 1. The van der Waals surface area contributed by atoms with Gasteiger partial charge in [0, 0.05) is 17.2 Å². The summed E-state index contributed by atoms with van der Waals surface area (Å²) in [5.74, 6) is 0.0625. The highest BCUT2D eigenvalue weighted by molar-refractivity contribution is 7.08. The lowest BCUT2D eigenvalue weighted by molar-refractivity contribution is -0.140. The van der Waals surface area contributed by atoms with Gasteiger partial charge in [0.25, 0.3) is 0 Å². The minimum absolute atomic E-state index is 0. The number of anilines is 1. The van der Waals surface area contributed by atoms with Crippen molar-refractivity contribution in [3.05, 3.63) is 10.8 Å². The molecule has 0 saturated carbocycles. The second-order valence-electron chi connectivity index (χ2n) is 2.54.